The molecule has 6 heteroatoms. The second-order valence-electron chi connectivity index (χ2n) is 10.7. The van der Waals surface area contributed by atoms with Gasteiger partial charge in [0.05, 0.1) is 5.56 Å². The molecule has 5 nitrogen and oxygen atoms in total. The van der Waals surface area contributed by atoms with Crippen LogP contribution in [0.4, 0.5) is 5.00 Å². The van der Waals surface area contributed by atoms with E-state index < -0.39 is 0 Å². The van der Waals surface area contributed by atoms with Crippen LogP contribution in [0.1, 0.15) is 61.6 Å². The van der Waals surface area contributed by atoms with Crippen molar-refractivity contribution in [2.24, 2.45) is 16.3 Å². The Morgan fingerprint density at radius 3 is 2.76 bits per heavy atom. The van der Waals surface area contributed by atoms with E-state index in [9.17, 15) is 10.1 Å². The average molecular weight is 473 g/mol. The molecule has 1 fully saturated rings. The summed E-state index contributed by atoms with van der Waals surface area (Å²) in [5.41, 5.74) is 4.24. The lowest BCUT2D eigenvalue weighted by atomic mass is 9.72. The molecule has 1 aliphatic heterocycles. The summed E-state index contributed by atoms with van der Waals surface area (Å²) >= 11 is 1.68. The van der Waals surface area contributed by atoms with Crippen molar-refractivity contribution >= 4 is 39.4 Å². The maximum Gasteiger partial charge on any atom is 0.242 e. The third kappa shape index (κ3) is 4.30. The zero-order chi connectivity index (χ0) is 23.9. The maximum absolute atomic E-state index is 12.8. The van der Waals surface area contributed by atoms with Gasteiger partial charge < -0.3 is 9.47 Å². The van der Waals surface area contributed by atoms with Crippen LogP contribution in [0.5, 0.6) is 0 Å². The summed E-state index contributed by atoms with van der Waals surface area (Å²) in [7, 11) is 0. The standard InChI is InChI=1S/C28H32N4OS/c1-28(2,3)20-10-11-22-23(15-29)27(34-25(22)14-20)30-16-19-17-32(24-9-5-4-8-21(19)24)18-26(33)31-12-6-7-13-31/h4-5,8-9,16-17,20H,6-7,10-14,18H2,1-3H3/t20-/m1/s1. The van der Waals surface area contributed by atoms with E-state index in [1.54, 1.807) is 11.3 Å². The molecule has 0 saturated carbocycles. The molecular formula is C28H32N4OS. The SMILES string of the molecule is CC(C)(C)[C@@H]1CCc2c(sc(N=Cc3cn(CC(=O)N4CCCC4)c4ccccc34)c2C#N)C1. The van der Waals surface area contributed by atoms with Gasteiger partial charge in [0.2, 0.25) is 5.91 Å². The van der Waals surface area contributed by atoms with E-state index in [2.05, 4.69) is 39.0 Å². The average Bonchev–Trinajstić information content (AvgIpc) is 3.54. The summed E-state index contributed by atoms with van der Waals surface area (Å²) in [6, 6.07) is 10.6. The Bertz CT molecular complexity index is 1290. The van der Waals surface area contributed by atoms with Crippen molar-refractivity contribution in [3.63, 3.8) is 0 Å². The summed E-state index contributed by atoms with van der Waals surface area (Å²) in [5, 5.41) is 11.8. The van der Waals surface area contributed by atoms with Crippen LogP contribution >= 0.6 is 11.3 Å². The minimum Gasteiger partial charge on any atom is -0.341 e. The monoisotopic (exact) mass is 472 g/mol. The third-order valence-corrected chi connectivity index (χ3v) is 8.65. The fourth-order valence-electron chi connectivity index (χ4n) is 5.37. The molecule has 5 rings (SSSR count). The van der Waals surface area contributed by atoms with Gasteiger partial charge in [0, 0.05) is 46.8 Å². The van der Waals surface area contributed by atoms with Crippen LogP contribution in [0.15, 0.2) is 35.5 Å². The molecule has 34 heavy (non-hydrogen) atoms. The fourth-order valence-corrected chi connectivity index (χ4v) is 6.59. The Labute approximate surface area is 205 Å². The fraction of sp³-hybridized carbons (Fsp3) is 0.464. The lowest BCUT2D eigenvalue weighted by molar-refractivity contribution is -0.130. The number of fused-ring (bicyclic) bond motifs is 2. The molecule has 1 aromatic carbocycles. The normalized spacial score (nSPS) is 18.5. The molecule has 3 aromatic rings. The number of amides is 1. The van der Waals surface area contributed by atoms with Gasteiger partial charge in [0.25, 0.3) is 0 Å². The number of thiophene rings is 1. The Kier molecular flexibility index (Phi) is 6.07. The lowest BCUT2D eigenvalue weighted by Crippen LogP contribution is -2.30. The van der Waals surface area contributed by atoms with Crippen molar-refractivity contribution in [2.45, 2.75) is 59.4 Å². The van der Waals surface area contributed by atoms with E-state index in [1.165, 1.54) is 10.4 Å². The van der Waals surface area contributed by atoms with E-state index in [0.29, 0.717) is 12.5 Å². The number of aromatic nitrogens is 1. The predicted octanol–water partition coefficient (Wildman–Crippen LogP) is 6.10. The topological polar surface area (TPSA) is 61.4 Å². The maximum atomic E-state index is 12.8. The summed E-state index contributed by atoms with van der Waals surface area (Å²) in [6.07, 6.45) is 9.21. The van der Waals surface area contributed by atoms with Crippen molar-refractivity contribution < 1.29 is 4.79 Å². The van der Waals surface area contributed by atoms with E-state index in [4.69, 9.17) is 4.99 Å². The highest BCUT2D eigenvalue weighted by Crippen LogP contribution is 2.45. The van der Waals surface area contributed by atoms with Gasteiger partial charge in [-0.3, -0.25) is 4.79 Å². The van der Waals surface area contributed by atoms with Gasteiger partial charge in [-0.15, -0.1) is 11.3 Å². The smallest absolute Gasteiger partial charge is 0.242 e. The van der Waals surface area contributed by atoms with Crippen LogP contribution in [0, 0.1) is 22.7 Å². The van der Waals surface area contributed by atoms with Crippen LogP contribution in [0.2, 0.25) is 0 Å². The molecule has 3 heterocycles. The van der Waals surface area contributed by atoms with Crippen LogP contribution in [-0.4, -0.2) is 34.7 Å². The van der Waals surface area contributed by atoms with Crippen molar-refractivity contribution in [1.29, 1.82) is 5.26 Å². The number of hydrogen-bond acceptors (Lipinski definition) is 4. The van der Waals surface area contributed by atoms with Gasteiger partial charge in [-0.25, -0.2) is 4.99 Å². The quantitative estimate of drug-likeness (QED) is 0.431. The highest BCUT2D eigenvalue weighted by atomic mass is 32.1. The molecule has 0 spiro atoms. The molecule has 1 amide bonds. The zero-order valence-electron chi connectivity index (χ0n) is 20.3. The van der Waals surface area contributed by atoms with E-state index in [0.717, 1.165) is 72.2 Å². The zero-order valence-corrected chi connectivity index (χ0v) is 21.1. The minimum atomic E-state index is 0.174. The molecule has 176 valence electrons. The molecule has 2 aliphatic rings. The first-order chi connectivity index (χ1) is 16.3. The van der Waals surface area contributed by atoms with Gasteiger partial charge in [-0.05, 0) is 55.1 Å². The highest BCUT2D eigenvalue weighted by Gasteiger charge is 2.32. The number of benzene rings is 1. The number of carbonyl (C=O) groups excluding carboxylic acids is 1. The van der Waals surface area contributed by atoms with Crippen molar-refractivity contribution in [3.8, 4) is 6.07 Å². The number of nitrogens with zero attached hydrogens (tertiary/aromatic N) is 4. The van der Waals surface area contributed by atoms with E-state index in [1.807, 2.05) is 34.0 Å². The van der Waals surface area contributed by atoms with Crippen molar-refractivity contribution in [2.75, 3.05) is 13.1 Å². The van der Waals surface area contributed by atoms with Crippen LogP contribution in [0.3, 0.4) is 0 Å². The highest BCUT2D eigenvalue weighted by molar-refractivity contribution is 7.16. The number of likely N-dealkylation sites (tertiary alicyclic amines) is 1. The molecule has 0 radical (unpaired) electrons. The number of aliphatic imine (C=N–C) groups is 1. The molecule has 1 aliphatic carbocycles. The van der Waals surface area contributed by atoms with Crippen LogP contribution in [0.25, 0.3) is 10.9 Å². The second kappa shape index (κ2) is 9.03. The number of hydrogen-bond donors (Lipinski definition) is 0. The Morgan fingerprint density at radius 2 is 2.03 bits per heavy atom. The number of para-hydroxylation sites is 1. The first kappa shape index (κ1) is 22.9. The van der Waals surface area contributed by atoms with Crippen LogP contribution in [-0.2, 0) is 24.2 Å². The first-order valence-electron chi connectivity index (χ1n) is 12.3. The number of nitriles is 1. The third-order valence-electron chi connectivity index (χ3n) is 7.49. The Hall–Kier alpha value is -2.91. The molecule has 2 aromatic heterocycles. The molecule has 1 saturated heterocycles. The van der Waals surface area contributed by atoms with Gasteiger partial charge in [-0.1, -0.05) is 39.0 Å². The molecule has 0 unspecified atom stereocenters. The molecular weight excluding hydrogens is 440 g/mol. The van der Waals surface area contributed by atoms with E-state index in [-0.39, 0.29) is 11.3 Å². The summed E-state index contributed by atoms with van der Waals surface area (Å²) in [5.74, 6) is 0.806. The van der Waals surface area contributed by atoms with E-state index >= 15 is 0 Å². The number of rotatable bonds is 4. The van der Waals surface area contributed by atoms with Crippen LogP contribution < -0.4 is 0 Å². The van der Waals surface area contributed by atoms with Crippen molar-refractivity contribution in [3.05, 3.63) is 52.0 Å². The second-order valence-corrected chi connectivity index (χ2v) is 11.8. The number of carbonyl (C=O) groups is 1. The Morgan fingerprint density at radius 1 is 1.26 bits per heavy atom. The van der Waals surface area contributed by atoms with Crippen molar-refractivity contribution in [1.82, 2.24) is 9.47 Å². The summed E-state index contributed by atoms with van der Waals surface area (Å²) in [6.45, 7) is 9.00. The Balaban J connectivity index is 1.44. The minimum absolute atomic E-state index is 0.174. The van der Waals surface area contributed by atoms with Gasteiger partial charge in [0.1, 0.15) is 17.6 Å². The summed E-state index contributed by atoms with van der Waals surface area (Å²) < 4.78 is 2.04. The largest absolute Gasteiger partial charge is 0.341 e. The van der Waals surface area contributed by atoms with Gasteiger partial charge in [-0.2, -0.15) is 5.26 Å². The van der Waals surface area contributed by atoms with Gasteiger partial charge in [0.15, 0.2) is 0 Å². The molecule has 1 atom stereocenters. The van der Waals surface area contributed by atoms with Gasteiger partial charge >= 0.3 is 0 Å². The predicted molar refractivity (Wildman–Crippen MR) is 139 cm³/mol. The first-order valence-corrected chi connectivity index (χ1v) is 13.1. The molecule has 0 bridgehead atoms. The molecule has 0 N–H and O–H groups in total. The lowest BCUT2D eigenvalue weighted by Gasteiger charge is -2.33. The summed E-state index contributed by atoms with van der Waals surface area (Å²) in [4.78, 5) is 20.9.